The molecular weight excluding hydrogens is 328 g/mol. The van der Waals surface area contributed by atoms with Crippen LogP contribution in [-0.2, 0) is 28.3 Å². The Labute approximate surface area is 147 Å². The van der Waals surface area contributed by atoms with Crippen LogP contribution in [0.25, 0.3) is 0 Å². The second-order valence-electron chi connectivity index (χ2n) is 6.69. The van der Waals surface area contributed by atoms with Gasteiger partial charge in [-0.15, -0.1) is 0 Å². The van der Waals surface area contributed by atoms with Crippen molar-refractivity contribution < 1.29 is 28.3 Å². The lowest BCUT2D eigenvalue weighted by Gasteiger charge is -2.46. The molecule has 0 spiro atoms. The Bertz CT molecular complexity index is 473. The average molecular weight is 359 g/mol. The van der Waals surface area contributed by atoms with E-state index in [2.05, 4.69) is 4.74 Å². The number of carbonyl (C=O) groups is 3. The molecule has 1 atom stereocenters. The van der Waals surface area contributed by atoms with E-state index in [4.69, 9.17) is 9.16 Å². The summed E-state index contributed by atoms with van der Waals surface area (Å²) < 4.78 is 15.3. The molecule has 24 heavy (non-hydrogen) atoms. The smallest absolute Gasteiger partial charge is 0.331 e. The van der Waals surface area contributed by atoms with Gasteiger partial charge in [-0.25, -0.2) is 9.59 Å². The lowest BCUT2D eigenvalue weighted by molar-refractivity contribution is -0.189. The van der Waals surface area contributed by atoms with Crippen molar-refractivity contribution in [2.45, 2.75) is 47.1 Å². The van der Waals surface area contributed by atoms with Crippen molar-refractivity contribution in [3.63, 3.8) is 0 Å². The second-order valence-corrected chi connectivity index (χ2v) is 7.09. The molecule has 0 aliphatic heterocycles. The van der Waals surface area contributed by atoms with Gasteiger partial charge in [0.15, 0.2) is 0 Å². The predicted molar refractivity (Wildman–Crippen MR) is 94.0 cm³/mol. The fraction of sp³-hybridized carbons (Fsp3) is 0.706. The van der Waals surface area contributed by atoms with Gasteiger partial charge in [0, 0.05) is 12.2 Å². The molecule has 1 unspecified atom stereocenters. The summed E-state index contributed by atoms with van der Waals surface area (Å²) in [5, 5.41) is 0. The molecule has 0 aromatic heterocycles. The van der Waals surface area contributed by atoms with Gasteiger partial charge >= 0.3 is 11.9 Å². The Kier molecular flexibility index (Phi) is 8.96. The maximum atomic E-state index is 12.4. The Balaban J connectivity index is 5.89. The van der Waals surface area contributed by atoms with E-state index in [0.717, 1.165) is 12.2 Å². The fourth-order valence-electron chi connectivity index (χ4n) is 3.20. The van der Waals surface area contributed by atoms with E-state index < -0.39 is 23.5 Å². The molecule has 0 radical (unpaired) electrons. The second kappa shape index (κ2) is 9.61. The summed E-state index contributed by atoms with van der Waals surface area (Å²) in [7, 11) is 1.50. The zero-order chi connectivity index (χ0) is 19.1. The number of hydrogen-bond donors (Lipinski definition) is 0. The Morgan fingerprint density at radius 2 is 1.38 bits per heavy atom. The molecule has 0 N–H and O–H groups in total. The topological polar surface area (TPSA) is 78.9 Å². The van der Waals surface area contributed by atoms with Crippen molar-refractivity contribution in [1.29, 1.82) is 0 Å². The van der Waals surface area contributed by atoms with Crippen LogP contribution >= 0.6 is 0 Å². The summed E-state index contributed by atoms with van der Waals surface area (Å²) >= 11 is 0. The standard InChI is InChI=1S/C17H30O6Si/c1-10(2)15(16(20)23-24)17(11(3)4,12(5)6)22-14(19)9-8-13(18)21-7/h8-12,15H,1-7,24H3/b9-8-. The maximum Gasteiger partial charge on any atom is 0.331 e. The molecule has 0 rings (SSSR count). The number of hydrogen-bond acceptors (Lipinski definition) is 6. The molecule has 0 heterocycles. The van der Waals surface area contributed by atoms with Gasteiger partial charge in [-0.3, -0.25) is 4.79 Å². The number of methoxy groups -OCH3 is 1. The van der Waals surface area contributed by atoms with Gasteiger partial charge in [0.05, 0.1) is 13.0 Å². The van der Waals surface area contributed by atoms with Crippen LogP contribution in [0.1, 0.15) is 41.5 Å². The molecule has 6 nitrogen and oxygen atoms in total. The van der Waals surface area contributed by atoms with Crippen LogP contribution < -0.4 is 0 Å². The maximum absolute atomic E-state index is 12.4. The summed E-state index contributed by atoms with van der Waals surface area (Å²) in [6.07, 6.45) is 2.03. The molecule has 0 aliphatic rings. The molecule has 138 valence electrons. The highest BCUT2D eigenvalue weighted by Gasteiger charge is 2.52. The van der Waals surface area contributed by atoms with Gasteiger partial charge in [0.2, 0.25) is 10.5 Å². The van der Waals surface area contributed by atoms with E-state index in [1.54, 1.807) is 0 Å². The van der Waals surface area contributed by atoms with Gasteiger partial charge in [-0.2, -0.15) is 0 Å². The van der Waals surface area contributed by atoms with E-state index in [1.807, 2.05) is 41.5 Å². The molecule has 0 aromatic carbocycles. The van der Waals surface area contributed by atoms with Crippen molar-refractivity contribution in [3.05, 3.63) is 12.2 Å². The SMILES string of the molecule is COC(=O)/C=C\C(=O)OC(C(C)C)(C(C)C)C(C(=O)O[SiH3])C(C)C. The van der Waals surface area contributed by atoms with E-state index in [1.165, 1.54) is 7.11 Å². The highest BCUT2D eigenvalue weighted by atomic mass is 28.2. The lowest BCUT2D eigenvalue weighted by atomic mass is 9.67. The molecular formula is C17H30O6Si. The quantitative estimate of drug-likeness (QED) is 0.371. The molecule has 0 fully saturated rings. The molecule has 0 aromatic rings. The van der Waals surface area contributed by atoms with Crippen molar-refractivity contribution in [3.8, 4) is 0 Å². The van der Waals surface area contributed by atoms with Crippen LogP contribution in [0, 0.1) is 23.7 Å². The molecule has 0 amide bonds. The third kappa shape index (κ3) is 5.19. The number of rotatable bonds is 8. The van der Waals surface area contributed by atoms with Crippen LogP contribution in [0.3, 0.4) is 0 Å². The fourth-order valence-corrected chi connectivity index (χ4v) is 3.45. The van der Waals surface area contributed by atoms with Crippen LogP contribution in [0.15, 0.2) is 12.2 Å². The normalized spacial score (nSPS) is 13.6. The van der Waals surface area contributed by atoms with Crippen molar-refractivity contribution >= 4 is 28.4 Å². The van der Waals surface area contributed by atoms with E-state index >= 15 is 0 Å². The van der Waals surface area contributed by atoms with Crippen LogP contribution in [0.5, 0.6) is 0 Å². The molecule has 0 saturated carbocycles. The largest absolute Gasteiger partial charge is 0.528 e. The van der Waals surface area contributed by atoms with E-state index in [0.29, 0.717) is 0 Å². The zero-order valence-electron chi connectivity index (χ0n) is 15.9. The summed E-state index contributed by atoms with van der Waals surface area (Å²) in [5.74, 6) is -2.61. The predicted octanol–water partition coefficient (Wildman–Crippen LogP) is 1.41. The Hall–Kier alpha value is -1.63. The summed E-state index contributed by atoms with van der Waals surface area (Å²) in [4.78, 5) is 35.9. The van der Waals surface area contributed by atoms with E-state index in [9.17, 15) is 14.4 Å². The zero-order valence-corrected chi connectivity index (χ0v) is 17.9. The van der Waals surface area contributed by atoms with Crippen molar-refractivity contribution in [2.75, 3.05) is 7.11 Å². The number of esters is 2. The van der Waals surface area contributed by atoms with Gasteiger partial charge in [0.25, 0.3) is 5.97 Å². The third-order valence-corrected chi connectivity index (χ3v) is 4.65. The minimum absolute atomic E-state index is 0.0753. The third-order valence-electron chi connectivity index (χ3n) is 4.25. The highest BCUT2D eigenvalue weighted by Crippen LogP contribution is 2.42. The van der Waals surface area contributed by atoms with Crippen LogP contribution in [0.4, 0.5) is 0 Å². The first-order chi connectivity index (χ1) is 11.0. The molecule has 7 heteroatoms. The van der Waals surface area contributed by atoms with Crippen LogP contribution in [0.2, 0.25) is 0 Å². The van der Waals surface area contributed by atoms with Crippen LogP contribution in [-0.4, -0.2) is 41.1 Å². The molecule has 0 saturated heterocycles. The van der Waals surface area contributed by atoms with Gasteiger partial charge < -0.3 is 13.9 Å². The first-order valence-electron chi connectivity index (χ1n) is 8.11. The molecule has 0 bridgehead atoms. The number of ether oxygens (including phenoxy) is 2. The first-order valence-corrected chi connectivity index (χ1v) is 8.92. The minimum atomic E-state index is -1.03. The summed E-state index contributed by atoms with van der Waals surface area (Å²) in [6, 6.07) is 0. The van der Waals surface area contributed by atoms with Gasteiger partial charge in [-0.1, -0.05) is 41.5 Å². The number of carbonyl (C=O) groups excluding carboxylic acids is 3. The monoisotopic (exact) mass is 358 g/mol. The van der Waals surface area contributed by atoms with Gasteiger partial charge in [0.1, 0.15) is 5.60 Å². The Morgan fingerprint density at radius 1 is 0.917 bits per heavy atom. The minimum Gasteiger partial charge on any atom is -0.528 e. The van der Waals surface area contributed by atoms with Crippen molar-refractivity contribution in [2.24, 2.45) is 23.7 Å². The summed E-state index contributed by atoms with van der Waals surface area (Å²) in [6.45, 7) is 11.4. The molecule has 0 aliphatic carbocycles. The lowest BCUT2D eigenvalue weighted by Crippen LogP contribution is -2.56. The Morgan fingerprint density at radius 3 is 1.71 bits per heavy atom. The summed E-state index contributed by atoms with van der Waals surface area (Å²) in [5.41, 5.74) is -1.03. The highest BCUT2D eigenvalue weighted by molar-refractivity contribution is 6.06. The average Bonchev–Trinajstić information content (AvgIpc) is 2.50. The van der Waals surface area contributed by atoms with Gasteiger partial charge in [-0.05, 0) is 17.8 Å². The van der Waals surface area contributed by atoms with E-state index in [-0.39, 0.29) is 34.2 Å². The van der Waals surface area contributed by atoms with Crippen molar-refractivity contribution in [1.82, 2.24) is 0 Å². The first kappa shape index (κ1) is 22.4.